The molecule has 0 bridgehead atoms. The van der Waals surface area contributed by atoms with E-state index in [-0.39, 0.29) is 0 Å². The number of hydrogen-bond acceptors (Lipinski definition) is 5. The molecule has 0 aliphatic carbocycles. The number of carbonyl (C=O) groups is 3. The summed E-state index contributed by atoms with van der Waals surface area (Å²) in [6.45, 7) is 3.50. The Morgan fingerprint density at radius 2 is 2.12 bits per heavy atom. The first-order valence-electron chi connectivity index (χ1n) is 7.67. The number of thioether (sulfide) groups is 1. The second-order valence-corrected chi connectivity index (χ2v) is 8.39. The zero-order chi connectivity index (χ0) is 18.5. The average Bonchev–Trinajstić information content (AvgIpc) is 2.80. The fraction of sp³-hybridized carbons (Fsp3) is 0.438. The van der Waals surface area contributed by atoms with Gasteiger partial charge in [-0.2, -0.15) is 0 Å². The van der Waals surface area contributed by atoms with Crippen LogP contribution in [0.2, 0.25) is 0 Å². The van der Waals surface area contributed by atoms with E-state index in [1.165, 1.54) is 34.9 Å². The van der Waals surface area contributed by atoms with Gasteiger partial charge < -0.3 is 21.1 Å². The van der Waals surface area contributed by atoms with E-state index in [9.17, 15) is 23.9 Å². The van der Waals surface area contributed by atoms with Crippen molar-refractivity contribution in [1.82, 2.24) is 10.2 Å². The predicted molar refractivity (Wildman–Crippen MR) is 89.0 cm³/mol. The van der Waals surface area contributed by atoms with Gasteiger partial charge in [-0.3, -0.25) is 9.59 Å². The van der Waals surface area contributed by atoms with Crippen molar-refractivity contribution in [1.29, 1.82) is 0 Å². The van der Waals surface area contributed by atoms with E-state index in [4.69, 9.17) is 5.73 Å². The Hall–Kier alpha value is -2.13. The second-order valence-electron chi connectivity index (χ2n) is 6.62. The number of nitrogens with one attached hydrogen (secondary N) is 1. The summed E-state index contributed by atoms with van der Waals surface area (Å²) >= 11 is 1.33. The van der Waals surface area contributed by atoms with Crippen LogP contribution in [0.1, 0.15) is 25.5 Å². The van der Waals surface area contributed by atoms with Gasteiger partial charge in [-0.1, -0.05) is 12.1 Å². The van der Waals surface area contributed by atoms with Crippen LogP contribution in [0.3, 0.4) is 0 Å². The molecule has 3 rings (SSSR count). The third-order valence-corrected chi connectivity index (χ3v) is 6.03. The molecule has 0 spiro atoms. The molecule has 0 saturated carbocycles. The Morgan fingerprint density at radius 3 is 2.72 bits per heavy atom. The highest BCUT2D eigenvalue weighted by molar-refractivity contribution is 8.01. The molecule has 1 aromatic carbocycles. The predicted octanol–water partition coefficient (Wildman–Crippen LogP) is 0.457. The first kappa shape index (κ1) is 17.7. The van der Waals surface area contributed by atoms with Gasteiger partial charge in [0.25, 0.3) is 0 Å². The van der Waals surface area contributed by atoms with E-state index in [2.05, 4.69) is 5.32 Å². The van der Waals surface area contributed by atoms with E-state index in [1.54, 1.807) is 13.8 Å². The first-order chi connectivity index (χ1) is 11.6. The number of carboxylic acids is 1. The third kappa shape index (κ3) is 2.87. The molecule has 2 heterocycles. The van der Waals surface area contributed by atoms with Crippen LogP contribution in [0.25, 0.3) is 0 Å². The molecule has 2 aliphatic heterocycles. The SMILES string of the molecule is CC1(C)S[C@@H]2C(NC(=O)C(N)c3cccc(F)c3)C(=O)N2[C@H]1C(=O)O. The quantitative estimate of drug-likeness (QED) is 0.667. The van der Waals surface area contributed by atoms with E-state index >= 15 is 0 Å². The van der Waals surface area contributed by atoms with Crippen molar-refractivity contribution in [2.24, 2.45) is 5.73 Å². The van der Waals surface area contributed by atoms with Gasteiger partial charge in [0.05, 0.1) is 0 Å². The Balaban J connectivity index is 1.72. The number of benzene rings is 1. The number of carboxylic acid groups (broad SMARTS) is 1. The molecule has 4 N–H and O–H groups in total. The summed E-state index contributed by atoms with van der Waals surface area (Å²) in [4.78, 5) is 37.4. The summed E-state index contributed by atoms with van der Waals surface area (Å²) < 4.78 is 12.6. The number of hydrogen-bond donors (Lipinski definition) is 3. The lowest BCUT2D eigenvalue weighted by Crippen LogP contribution is -2.71. The number of β-lactam (4-membered cyclic amide) rings is 1. The monoisotopic (exact) mass is 367 g/mol. The topological polar surface area (TPSA) is 113 Å². The van der Waals surface area contributed by atoms with Gasteiger partial charge in [-0.05, 0) is 31.5 Å². The fourth-order valence-electron chi connectivity index (χ4n) is 3.24. The second kappa shape index (κ2) is 5.99. The molecule has 7 nitrogen and oxygen atoms in total. The van der Waals surface area contributed by atoms with Crippen molar-refractivity contribution in [3.63, 3.8) is 0 Å². The molecule has 1 aromatic rings. The average molecular weight is 367 g/mol. The van der Waals surface area contributed by atoms with Crippen LogP contribution in [0.4, 0.5) is 4.39 Å². The fourth-order valence-corrected chi connectivity index (χ4v) is 4.87. The zero-order valence-corrected chi connectivity index (χ0v) is 14.4. The smallest absolute Gasteiger partial charge is 0.327 e. The van der Waals surface area contributed by atoms with E-state index in [0.29, 0.717) is 5.56 Å². The van der Waals surface area contributed by atoms with Gasteiger partial charge in [0, 0.05) is 4.75 Å². The van der Waals surface area contributed by atoms with Gasteiger partial charge in [-0.25, -0.2) is 9.18 Å². The van der Waals surface area contributed by atoms with Gasteiger partial charge in [-0.15, -0.1) is 11.8 Å². The largest absolute Gasteiger partial charge is 0.480 e. The van der Waals surface area contributed by atoms with Gasteiger partial charge in [0.2, 0.25) is 11.8 Å². The van der Waals surface area contributed by atoms with Crippen LogP contribution in [0.5, 0.6) is 0 Å². The zero-order valence-electron chi connectivity index (χ0n) is 13.6. The van der Waals surface area contributed by atoms with Crippen LogP contribution in [-0.4, -0.2) is 50.0 Å². The molecular formula is C16H18FN3O4S. The molecule has 0 radical (unpaired) electrons. The highest BCUT2D eigenvalue weighted by Crippen LogP contribution is 2.50. The minimum atomic E-state index is -1.12. The van der Waals surface area contributed by atoms with E-state index in [1.807, 2.05) is 0 Å². The van der Waals surface area contributed by atoms with Crippen LogP contribution in [0.15, 0.2) is 24.3 Å². The minimum absolute atomic E-state index is 0.295. The molecule has 9 heteroatoms. The highest BCUT2D eigenvalue weighted by atomic mass is 32.2. The summed E-state index contributed by atoms with van der Waals surface area (Å²) in [6.07, 6.45) is 0. The number of carbonyl (C=O) groups excluding carboxylic acids is 2. The van der Waals surface area contributed by atoms with Crippen molar-refractivity contribution in [3.05, 3.63) is 35.6 Å². The maximum absolute atomic E-state index is 13.3. The van der Waals surface area contributed by atoms with Crippen molar-refractivity contribution < 1.29 is 23.9 Å². The molecule has 2 amide bonds. The third-order valence-electron chi connectivity index (χ3n) is 4.46. The lowest BCUT2D eigenvalue weighted by molar-refractivity contribution is -0.161. The van der Waals surface area contributed by atoms with Crippen molar-refractivity contribution in [3.8, 4) is 0 Å². The normalized spacial score (nSPS) is 28.1. The lowest BCUT2D eigenvalue weighted by atomic mass is 9.95. The molecule has 2 aliphatic rings. The molecule has 2 saturated heterocycles. The number of nitrogens with zero attached hydrogens (tertiary/aromatic N) is 1. The standard InChI is InChI=1S/C16H18FN3O4S/c1-16(2)11(15(23)24)20-13(22)10(14(20)25-16)19-12(21)9(18)7-4-3-5-8(17)6-7/h3-6,9-11,14H,18H2,1-2H3,(H,19,21)(H,23,24)/t9?,10?,11-,14+/m0/s1. The van der Waals surface area contributed by atoms with Gasteiger partial charge >= 0.3 is 5.97 Å². The number of rotatable bonds is 4. The Kier molecular flexibility index (Phi) is 4.24. The molecule has 2 fully saturated rings. The molecular weight excluding hydrogens is 349 g/mol. The molecule has 2 unspecified atom stereocenters. The molecule has 4 atom stereocenters. The minimum Gasteiger partial charge on any atom is -0.480 e. The van der Waals surface area contributed by atoms with Crippen molar-refractivity contribution in [2.45, 2.75) is 42.1 Å². The number of amides is 2. The van der Waals surface area contributed by atoms with Gasteiger partial charge in [0.15, 0.2) is 0 Å². The van der Waals surface area contributed by atoms with Crippen molar-refractivity contribution >= 4 is 29.5 Å². The molecule has 25 heavy (non-hydrogen) atoms. The Morgan fingerprint density at radius 1 is 1.44 bits per heavy atom. The lowest BCUT2D eigenvalue weighted by Gasteiger charge is -2.43. The van der Waals surface area contributed by atoms with Gasteiger partial charge in [0.1, 0.15) is 29.3 Å². The number of halogens is 1. The Bertz CT molecular complexity index is 757. The van der Waals surface area contributed by atoms with Crippen LogP contribution in [-0.2, 0) is 14.4 Å². The molecule has 134 valence electrons. The number of aliphatic carboxylic acids is 1. The maximum atomic E-state index is 13.3. The Labute approximate surface area is 147 Å². The first-order valence-corrected chi connectivity index (χ1v) is 8.55. The summed E-state index contributed by atoms with van der Waals surface area (Å²) in [6, 6.07) is 2.47. The number of fused-ring (bicyclic) bond motifs is 1. The molecule has 0 aromatic heterocycles. The highest BCUT2D eigenvalue weighted by Gasteiger charge is 2.64. The summed E-state index contributed by atoms with van der Waals surface area (Å²) in [5.41, 5.74) is 6.14. The van der Waals surface area contributed by atoms with Crippen LogP contribution >= 0.6 is 11.8 Å². The van der Waals surface area contributed by atoms with Crippen LogP contribution in [0, 0.1) is 5.82 Å². The summed E-state index contributed by atoms with van der Waals surface area (Å²) in [7, 11) is 0. The van der Waals surface area contributed by atoms with E-state index in [0.717, 1.165) is 6.07 Å². The van der Waals surface area contributed by atoms with E-state index < -0.39 is 51.8 Å². The maximum Gasteiger partial charge on any atom is 0.327 e. The number of nitrogens with two attached hydrogens (primary N) is 1. The van der Waals surface area contributed by atoms with Crippen LogP contribution < -0.4 is 11.1 Å². The summed E-state index contributed by atoms with van der Waals surface area (Å²) in [5, 5.41) is 11.5. The summed E-state index contributed by atoms with van der Waals surface area (Å²) in [5.74, 6) is -2.64. The van der Waals surface area contributed by atoms with Crippen molar-refractivity contribution in [2.75, 3.05) is 0 Å².